The van der Waals surface area contributed by atoms with Crippen LogP contribution in [0.3, 0.4) is 0 Å². The molecule has 0 aliphatic heterocycles. The van der Waals surface area contributed by atoms with Crippen molar-refractivity contribution in [1.82, 2.24) is 15.0 Å². The minimum absolute atomic E-state index is 0.422. The van der Waals surface area contributed by atoms with Gasteiger partial charge in [0, 0.05) is 6.54 Å². The molecule has 1 aromatic carbocycles. The topological polar surface area (TPSA) is 56.7 Å². The Bertz CT molecular complexity index is 549. The van der Waals surface area contributed by atoms with E-state index in [9.17, 15) is 0 Å². The molecule has 0 saturated carbocycles. The van der Waals surface area contributed by atoms with Gasteiger partial charge in [0.25, 0.3) is 0 Å². The molecule has 114 valence electrons. The molecule has 0 unspecified atom stereocenters. The summed E-state index contributed by atoms with van der Waals surface area (Å²) in [5.41, 5.74) is 9.21. The van der Waals surface area contributed by atoms with E-state index in [0.29, 0.717) is 12.0 Å². The average Bonchev–Trinajstić information content (AvgIpc) is 2.92. The lowest BCUT2D eigenvalue weighted by molar-refractivity contribution is 0.360. The van der Waals surface area contributed by atoms with E-state index < -0.39 is 0 Å². The molecule has 2 aromatic rings. The minimum atomic E-state index is 0.422. The maximum atomic E-state index is 5.55. The van der Waals surface area contributed by atoms with Crippen molar-refractivity contribution in [3.8, 4) is 5.69 Å². The maximum Gasteiger partial charge on any atom is 0.0967 e. The second-order valence-electron chi connectivity index (χ2n) is 6.79. The highest BCUT2D eigenvalue weighted by Gasteiger charge is 2.09. The summed E-state index contributed by atoms with van der Waals surface area (Å²) >= 11 is 0. The predicted octanol–water partition coefficient (Wildman–Crippen LogP) is 3.48. The molecule has 0 spiro atoms. The van der Waals surface area contributed by atoms with Gasteiger partial charge in [-0.1, -0.05) is 44.5 Å². The molecule has 0 fully saturated rings. The van der Waals surface area contributed by atoms with Crippen LogP contribution in [0.15, 0.2) is 30.5 Å². The zero-order chi connectivity index (χ0) is 15.3. The summed E-state index contributed by atoms with van der Waals surface area (Å²) in [6.07, 6.45) is 6.83. The third-order valence-corrected chi connectivity index (χ3v) is 3.59. The second-order valence-corrected chi connectivity index (χ2v) is 6.79. The quantitative estimate of drug-likeness (QED) is 0.827. The van der Waals surface area contributed by atoms with Gasteiger partial charge in [0.1, 0.15) is 0 Å². The van der Waals surface area contributed by atoms with Gasteiger partial charge < -0.3 is 5.73 Å². The Morgan fingerprint density at radius 2 is 1.81 bits per heavy atom. The van der Waals surface area contributed by atoms with Crippen molar-refractivity contribution >= 4 is 0 Å². The number of nitrogens with zero attached hydrogens (tertiary/aromatic N) is 3. The molecular formula is C17H26N4. The highest BCUT2D eigenvalue weighted by Crippen LogP contribution is 2.22. The minimum Gasteiger partial charge on any atom is -0.325 e. The number of aryl methyl sites for hydroxylation is 1. The van der Waals surface area contributed by atoms with Gasteiger partial charge in [-0.05, 0) is 42.4 Å². The zero-order valence-corrected chi connectivity index (χ0v) is 13.3. The van der Waals surface area contributed by atoms with Crippen LogP contribution in [-0.4, -0.2) is 15.0 Å². The largest absolute Gasteiger partial charge is 0.325 e. The third kappa shape index (κ3) is 4.97. The Morgan fingerprint density at radius 3 is 2.38 bits per heavy atom. The monoisotopic (exact) mass is 286 g/mol. The van der Waals surface area contributed by atoms with Crippen LogP contribution >= 0.6 is 0 Å². The molecule has 0 aliphatic carbocycles. The van der Waals surface area contributed by atoms with Gasteiger partial charge in [-0.2, -0.15) is 0 Å². The molecule has 4 heteroatoms. The van der Waals surface area contributed by atoms with Crippen LogP contribution in [0.25, 0.3) is 5.69 Å². The van der Waals surface area contributed by atoms with Gasteiger partial charge in [0.05, 0.1) is 17.6 Å². The standard InChI is InChI=1S/C17H26N4/c1-17(2,3)11-5-4-6-14-7-9-16(10-8-14)21-13-15(12-18)19-20-21/h7-10,13H,4-6,11-12,18H2,1-3H3. The molecule has 4 nitrogen and oxygen atoms in total. The number of unbranched alkanes of at least 4 members (excludes halogenated alkanes) is 1. The SMILES string of the molecule is CC(C)(C)CCCCc1ccc(-n2cc(CN)nn2)cc1. The Balaban J connectivity index is 1.87. The van der Waals surface area contributed by atoms with E-state index in [4.69, 9.17) is 5.73 Å². The van der Waals surface area contributed by atoms with E-state index in [1.165, 1.54) is 24.8 Å². The number of rotatable bonds is 6. The fourth-order valence-corrected chi connectivity index (χ4v) is 2.32. The number of hydrogen-bond donors (Lipinski definition) is 1. The lowest BCUT2D eigenvalue weighted by atomic mass is 9.89. The number of nitrogens with two attached hydrogens (primary N) is 1. The van der Waals surface area contributed by atoms with Crippen molar-refractivity contribution in [2.24, 2.45) is 11.1 Å². The maximum absolute atomic E-state index is 5.55. The van der Waals surface area contributed by atoms with E-state index >= 15 is 0 Å². The van der Waals surface area contributed by atoms with E-state index in [1.807, 2.05) is 6.20 Å². The lowest BCUT2D eigenvalue weighted by Crippen LogP contribution is -2.04. The molecule has 21 heavy (non-hydrogen) atoms. The highest BCUT2D eigenvalue weighted by atomic mass is 15.4. The number of benzene rings is 1. The van der Waals surface area contributed by atoms with E-state index in [0.717, 1.165) is 17.8 Å². The van der Waals surface area contributed by atoms with Crippen LogP contribution in [0.1, 0.15) is 51.3 Å². The first-order chi connectivity index (χ1) is 9.98. The summed E-state index contributed by atoms with van der Waals surface area (Å²) < 4.78 is 1.77. The van der Waals surface area contributed by atoms with Crippen molar-refractivity contribution < 1.29 is 0 Å². The van der Waals surface area contributed by atoms with Gasteiger partial charge in [-0.3, -0.25) is 0 Å². The molecule has 0 bridgehead atoms. The summed E-state index contributed by atoms with van der Waals surface area (Å²) in [4.78, 5) is 0. The highest BCUT2D eigenvalue weighted by molar-refractivity contribution is 5.33. The zero-order valence-electron chi connectivity index (χ0n) is 13.3. The van der Waals surface area contributed by atoms with Crippen molar-refractivity contribution in [3.05, 3.63) is 41.7 Å². The van der Waals surface area contributed by atoms with Crippen LogP contribution in [0.2, 0.25) is 0 Å². The average molecular weight is 286 g/mol. The van der Waals surface area contributed by atoms with Crippen LogP contribution in [0.5, 0.6) is 0 Å². The van der Waals surface area contributed by atoms with Gasteiger partial charge >= 0.3 is 0 Å². The predicted molar refractivity (Wildman–Crippen MR) is 86.3 cm³/mol. The first-order valence-corrected chi connectivity index (χ1v) is 7.68. The molecule has 0 amide bonds. The van der Waals surface area contributed by atoms with Gasteiger partial charge in [0.2, 0.25) is 0 Å². The van der Waals surface area contributed by atoms with Gasteiger partial charge in [-0.25, -0.2) is 4.68 Å². The van der Waals surface area contributed by atoms with Gasteiger partial charge in [-0.15, -0.1) is 5.10 Å². The first kappa shape index (κ1) is 15.7. The smallest absolute Gasteiger partial charge is 0.0967 e. The summed E-state index contributed by atoms with van der Waals surface area (Å²) in [6, 6.07) is 8.54. The Kier molecular flexibility index (Phi) is 5.12. The third-order valence-electron chi connectivity index (χ3n) is 3.59. The van der Waals surface area contributed by atoms with Crippen molar-refractivity contribution in [3.63, 3.8) is 0 Å². The lowest BCUT2D eigenvalue weighted by Gasteiger charge is -2.17. The van der Waals surface area contributed by atoms with Crippen molar-refractivity contribution in [2.45, 2.75) is 53.0 Å². The number of hydrogen-bond acceptors (Lipinski definition) is 3. The molecule has 0 saturated heterocycles. The molecule has 0 radical (unpaired) electrons. The van der Waals surface area contributed by atoms with E-state index in [1.54, 1.807) is 4.68 Å². The molecule has 0 aliphatic rings. The fraction of sp³-hybridized carbons (Fsp3) is 0.529. The van der Waals surface area contributed by atoms with E-state index in [-0.39, 0.29) is 0 Å². The molecular weight excluding hydrogens is 260 g/mol. The Morgan fingerprint density at radius 1 is 1.10 bits per heavy atom. The van der Waals surface area contributed by atoms with Crippen LogP contribution in [0, 0.1) is 5.41 Å². The van der Waals surface area contributed by atoms with Gasteiger partial charge in [0.15, 0.2) is 0 Å². The Hall–Kier alpha value is -1.68. The van der Waals surface area contributed by atoms with Crippen LogP contribution < -0.4 is 5.73 Å². The molecule has 2 N–H and O–H groups in total. The molecule has 1 aromatic heterocycles. The van der Waals surface area contributed by atoms with E-state index in [2.05, 4.69) is 55.3 Å². The van der Waals surface area contributed by atoms with Crippen molar-refractivity contribution in [2.75, 3.05) is 0 Å². The normalized spacial score (nSPS) is 11.8. The van der Waals surface area contributed by atoms with Crippen LogP contribution in [0.4, 0.5) is 0 Å². The first-order valence-electron chi connectivity index (χ1n) is 7.68. The van der Waals surface area contributed by atoms with Crippen molar-refractivity contribution in [1.29, 1.82) is 0 Å². The molecule has 1 heterocycles. The summed E-state index contributed by atoms with van der Waals surface area (Å²) in [5, 5.41) is 8.08. The summed E-state index contributed by atoms with van der Waals surface area (Å²) in [7, 11) is 0. The summed E-state index contributed by atoms with van der Waals surface area (Å²) in [5.74, 6) is 0. The number of aromatic nitrogens is 3. The second kappa shape index (κ2) is 6.85. The Labute approximate surface area is 127 Å². The molecule has 0 atom stereocenters. The molecule has 2 rings (SSSR count). The van der Waals surface area contributed by atoms with Crippen LogP contribution in [-0.2, 0) is 13.0 Å². The summed E-state index contributed by atoms with van der Waals surface area (Å²) in [6.45, 7) is 7.33. The fourth-order valence-electron chi connectivity index (χ4n) is 2.32.